The average molecular weight is 344 g/mol. The summed E-state index contributed by atoms with van der Waals surface area (Å²) in [7, 11) is 0. The Morgan fingerprint density at radius 1 is 0.680 bits per heavy atom. The molecule has 0 radical (unpaired) electrons. The fourth-order valence-electron chi connectivity index (χ4n) is 2.33. The number of aromatic hydroxyl groups is 2. The van der Waals surface area contributed by atoms with Crippen molar-refractivity contribution < 1.29 is 14.9 Å². The molecule has 0 saturated carbocycles. The first-order valence-electron chi connectivity index (χ1n) is 9.35. The summed E-state index contributed by atoms with van der Waals surface area (Å²) in [5, 5.41) is 18.0. The van der Waals surface area contributed by atoms with Gasteiger partial charge in [0.2, 0.25) is 0 Å². The maximum absolute atomic E-state index is 9.03. The molecule has 0 amide bonds. The van der Waals surface area contributed by atoms with E-state index in [1.165, 1.54) is 37.7 Å². The third-order valence-electron chi connectivity index (χ3n) is 3.86. The fourth-order valence-corrected chi connectivity index (χ4v) is 2.33. The molecule has 3 nitrogen and oxygen atoms in total. The summed E-state index contributed by atoms with van der Waals surface area (Å²) in [5.41, 5.74) is 1.32. The van der Waals surface area contributed by atoms with Gasteiger partial charge in [0.15, 0.2) is 0 Å². The highest BCUT2D eigenvalue weighted by Crippen LogP contribution is 2.16. The van der Waals surface area contributed by atoms with Gasteiger partial charge in [-0.1, -0.05) is 51.7 Å². The van der Waals surface area contributed by atoms with E-state index in [0.29, 0.717) is 5.75 Å². The van der Waals surface area contributed by atoms with Crippen molar-refractivity contribution in [3.05, 3.63) is 54.1 Å². The average Bonchev–Trinajstić information content (AvgIpc) is 2.63. The van der Waals surface area contributed by atoms with Crippen LogP contribution in [0.1, 0.15) is 57.9 Å². The quantitative estimate of drug-likeness (QED) is 0.541. The molecule has 138 valence electrons. The SMILES string of the molecule is CCCCCOc1ccc(O)cc1.CCCCCc1ccc(O)cc1. The molecule has 0 bridgehead atoms. The van der Waals surface area contributed by atoms with E-state index in [4.69, 9.17) is 14.9 Å². The van der Waals surface area contributed by atoms with Crippen LogP contribution < -0.4 is 4.74 Å². The zero-order valence-corrected chi connectivity index (χ0v) is 15.6. The summed E-state index contributed by atoms with van der Waals surface area (Å²) in [6.07, 6.45) is 8.45. The predicted octanol–water partition coefficient (Wildman–Crippen LogP) is 6.09. The van der Waals surface area contributed by atoms with Crippen LogP contribution in [0.25, 0.3) is 0 Å². The molecule has 0 aliphatic rings. The van der Waals surface area contributed by atoms with Crippen molar-refractivity contribution in [2.45, 2.75) is 58.8 Å². The molecule has 2 rings (SSSR count). The van der Waals surface area contributed by atoms with Crippen LogP contribution in [0.2, 0.25) is 0 Å². The first-order valence-corrected chi connectivity index (χ1v) is 9.35. The molecule has 3 heteroatoms. The molecule has 0 aliphatic heterocycles. The Morgan fingerprint density at radius 3 is 1.76 bits per heavy atom. The summed E-state index contributed by atoms with van der Waals surface area (Å²) in [6, 6.07) is 14.3. The summed E-state index contributed by atoms with van der Waals surface area (Å²) < 4.78 is 5.45. The van der Waals surface area contributed by atoms with Crippen molar-refractivity contribution in [3.63, 3.8) is 0 Å². The third-order valence-corrected chi connectivity index (χ3v) is 3.86. The summed E-state index contributed by atoms with van der Waals surface area (Å²) in [6.45, 7) is 5.13. The van der Waals surface area contributed by atoms with Crippen molar-refractivity contribution >= 4 is 0 Å². The van der Waals surface area contributed by atoms with Gasteiger partial charge in [0.05, 0.1) is 6.61 Å². The number of phenols is 2. The molecule has 0 heterocycles. The molecular weight excluding hydrogens is 312 g/mol. The second-order valence-corrected chi connectivity index (χ2v) is 6.17. The lowest BCUT2D eigenvalue weighted by molar-refractivity contribution is 0.306. The Kier molecular flexibility index (Phi) is 11.0. The van der Waals surface area contributed by atoms with Gasteiger partial charge in [-0.2, -0.15) is 0 Å². The van der Waals surface area contributed by atoms with E-state index >= 15 is 0 Å². The first kappa shape index (κ1) is 20.9. The van der Waals surface area contributed by atoms with Crippen LogP contribution in [-0.4, -0.2) is 16.8 Å². The van der Waals surface area contributed by atoms with Crippen molar-refractivity contribution in [1.29, 1.82) is 0 Å². The van der Waals surface area contributed by atoms with E-state index in [1.807, 2.05) is 12.1 Å². The Bertz CT molecular complexity index is 546. The van der Waals surface area contributed by atoms with Crippen molar-refractivity contribution in [3.8, 4) is 17.2 Å². The molecule has 0 saturated heterocycles. The van der Waals surface area contributed by atoms with Crippen LogP contribution in [-0.2, 0) is 6.42 Å². The monoisotopic (exact) mass is 344 g/mol. The second-order valence-electron chi connectivity index (χ2n) is 6.17. The lowest BCUT2D eigenvalue weighted by Crippen LogP contribution is -1.96. The van der Waals surface area contributed by atoms with Gasteiger partial charge >= 0.3 is 0 Å². The molecule has 0 spiro atoms. The molecule has 0 unspecified atom stereocenters. The van der Waals surface area contributed by atoms with Crippen LogP contribution in [0.4, 0.5) is 0 Å². The predicted molar refractivity (Wildman–Crippen MR) is 104 cm³/mol. The van der Waals surface area contributed by atoms with Crippen molar-refractivity contribution in [2.24, 2.45) is 0 Å². The van der Waals surface area contributed by atoms with Gasteiger partial charge in [-0.05, 0) is 61.2 Å². The number of phenolic OH excluding ortho intramolecular Hbond substituents is 2. The van der Waals surface area contributed by atoms with Crippen LogP contribution in [0, 0.1) is 0 Å². The number of hydrogen-bond donors (Lipinski definition) is 2. The van der Waals surface area contributed by atoms with Crippen LogP contribution >= 0.6 is 0 Å². The first-order chi connectivity index (χ1) is 12.2. The topological polar surface area (TPSA) is 49.7 Å². The number of benzene rings is 2. The smallest absolute Gasteiger partial charge is 0.119 e. The van der Waals surface area contributed by atoms with E-state index < -0.39 is 0 Å². The van der Waals surface area contributed by atoms with Gasteiger partial charge in [-0.15, -0.1) is 0 Å². The minimum atomic E-state index is 0.279. The lowest BCUT2D eigenvalue weighted by atomic mass is 10.1. The van der Waals surface area contributed by atoms with Gasteiger partial charge in [0.1, 0.15) is 17.2 Å². The van der Waals surface area contributed by atoms with E-state index in [-0.39, 0.29) is 5.75 Å². The standard InChI is InChI=1S/C11H16O2.C11H16O/c1-2-3-4-9-13-11-7-5-10(12)6-8-11;1-2-3-4-5-10-6-8-11(12)9-7-10/h5-8,12H,2-4,9H2,1H3;6-9,12H,2-5H2,1H3. The third kappa shape index (κ3) is 10.3. The fraction of sp³-hybridized carbons (Fsp3) is 0.455. The highest BCUT2D eigenvalue weighted by molar-refractivity contribution is 5.30. The maximum atomic E-state index is 9.03. The molecule has 2 N–H and O–H groups in total. The minimum absolute atomic E-state index is 0.279. The van der Waals surface area contributed by atoms with Gasteiger partial charge in [-0.25, -0.2) is 0 Å². The van der Waals surface area contributed by atoms with Crippen molar-refractivity contribution in [2.75, 3.05) is 6.61 Å². The van der Waals surface area contributed by atoms with Crippen molar-refractivity contribution in [1.82, 2.24) is 0 Å². The normalized spacial score (nSPS) is 10.0. The molecule has 0 aromatic heterocycles. The molecule has 0 fully saturated rings. The van der Waals surface area contributed by atoms with E-state index in [2.05, 4.69) is 13.8 Å². The molecular formula is C22H32O3. The van der Waals surface area contributed by atoms with E-state index in [0.717, 1.165) is 25.2 Å². The number of rotatable bonds is 9. The Labute approximate surface area is 152 Å². The largest absolute Gasteiger partial charge is 0.508 e. The van der Waals surface area contributed by atoms with Gasteiger partial charge in [0.25, 0.3) is 0 Å². The highest BCUT2D eigenvalue weighted by atomic mass is 16.5. The number of hydrogen-bond acceptors (Lipinski definition) is 3. The second kappa shape index (κ2) is 13.2. The molecule has 2 aromatic carbocycles. The number of aryl methyl sites for hydroxylation is 1. The molecule has 25 heavy (non-hydrogen) atoms. The number of ether oxygens (including phenoxy) is 1. The zero-order valence-electron chi connectivity index (χ0n) is 15.6. The highest BCUT2D eigenvalue weighted by Gasteiger charge is 1.93. The van der Waals surface area contributed by atoms with Gasteiger partial charge < -0.3 is 14.9 Å². The number of unbranched alkanes of at least 4 members (excludes halogenated alkanes) is 4. The molecule has 0 atom stereocenters. The van der Waals surface area contributed by atoms with Gasteiger partial charge in [-0.3, -0.25) is 0 Å². The minimum Gasteiger partial charge on any atom is -0.508 e. The van der Waals surface area contributed by atoms with Gasteiger partial charge in [0, 0.05) is 0 Å². The Morgan fingerprint density at radius 2 is 1.20 bits per heavy atom. The van der Waals surface area contributed by atoms with Crippen LogP contribution in [0.3, 0.4) is 0 Å². The Hall–Kier alpha value is -2.16. The van der Waals surface area contributed by atoms with E-state index in [9.17, 15) is 0 Å². The van der Waals surface area contributed by atoms with Crippen LogP contribution in [0.5, 0.6) is 17.2 Å². The summed E-state index contributed by atoms with van der Waals surface area (Å²) in [4.78, 5) is 0. The van der Waals surface area contributed by atoms with E-state index in [1.54, 1.807) is 36.4 Å². The lowest BCUT2D eigenvalue weighted by Gasteiger charge is -2.04. The maximum Gasteiger partial charge on any atom is 0.119 e. The summed E-state index contributed by atoms with van der Waals surface area (Å²) >= 11 is 0. The summed E-state index contributed by atoms with van der Waals surface area (Å²) in [5.74, 6) is 1.46. The molecule has 0 aliphatic carbocycles. The van der Waals surface area contributed by atoms with Crippen LogP contribution in [0.15, 0.2) is 48.5 Å². The Balaban J connectivity index is 0.000000251. The zero-order chi connectivity index (χ0) is 18.3. The molecule has 2 aromatic rings.